The van der Waals surface area contributed by atoms with E-state index in [4.69, 9.17) is 9.84 Å². The highest BCUT2D eigenvalue weighted by Gasteiger charge is 2.14. The average Bonchev–Trinajstić information content (AvgIpc) is 2.91. The lowest BCUT2D eigenvalue weighted by molar-refractivity contribution is -0.150. The maximum atomic E-state index is 12.5. The van der Waals surface area contributed by atoms with E-state index in [-0.39, 0.29) is 12.1 Å². The summed E-state index contributed by atoms with van der Waals surface area (Å²) in [6.07, 6.45) is 35.7. The summed E-state index contributed by atoms with van der Waals surface area (Å²) in [4.78, 5) is 23.0. The van der Waals surface area contributed by atoms with E-state index < -0.39 is 5.97 Å². The van der Waals surface area contributed by atoms with Gasteiger partial charge in [0.15, 0.2) is 0 Å². The molecule has 39 heavy (non-hydrogen) atoms. The fraction of sp³-hybridized carbons (Fsp3) is 0.943. The molecule has 0 spiro atoms. The molecule has 0 aliphatic rings. The van der Waals surface area contributed by atoms with Crippen LogP contribution in [0.2, 0.25) is 0 Å². The van der Waals surface area contributed by atoms with Crippen molar-refractivity contribution < 1.29 is 19.4 Å². The van der Waals surface area contributed by atoms with Crippen molar-refractivity contribution in [1.29, 1.82) is 0 Å². The Labute approximate surface area is 243 Å². The predicted molar refractivity (Wildman–Crippen MR) is 167 cm³/mol. The molecule has 0 fully saturated rings. The second-order valence-corrected chi connectivity index (χ2v) is 12.1. The van der Waals surface area contributed by atoms with Crippen molar-refractivity contribution in [2.45, 2.75) is 213 Å². The Morgan fingerprint density at radius 3 is 1.18 bits per heavy atom. The van der Waals surface area contributed by atoms with E-state index in [1.807, 2.05) is 0 Å². The number of carboxylic acids is 1. The zero-order valence-electron chi connectivity index (χ0n) is 26.5. The van der Waals surface area contributed by atoms with Crippen molar-refractivity contribution in [3.05, 3.63) is 0 Å². The van der Waals surface area contributed by atoms with E-state index in [9.17, 15) is 9.59 Å². The molecular formula is C35H68O4. The van der Waals surface area contributed by atoms with Gasteiger partial charge in [-0.2, -0.15) is 0 Å². The van der Waals surface area contributed by atoms with Crippen LogP contribution in [0.3, 0.4) is 0 Å². The van der Waals surface area contributed by atoms with Gasteiger partial charge in [-0.05, 0) is 38.5 Å². The largest absolute Gasteiger partial charge is 0.481 e. The fourth-order valence-electron chi connectivity index (χ4n) is 5.48. The van der Waals surface area contributed by atoms with Crippen molar-refractivity contribution in [2.24, 2.45) is 0 Å². The van der Waals surface area contributed by atoms with Gasteiger partial charge in [-0.3, -0.25) is 9.59 Å². The van der Waals surface area contributed by atoms with Gasteiger partial charge in [0, 0.05) is 12.8 Å². The highest BCUT2D eigenvalue weighted by atomic mass is 16.5. The Morgan fingerprint density at radius 1 is 0.462 bits per heavy atom. The van der Waals surface area contributed by atoms with E-state index in [0.29, 0.717) is 12.8 Å². The lowest BCUT2D eigenvalue weighted by atomic mass is 10.0. The third-order valence-corrected chi connectivity index (χ3v) is 8.08. The number of esters is 1. The maximum absolute atomic E-state index is 12.5. The van der Waals surface area contributed by atoms with Gasteiger partial charge in [0.25, 0.3) is 0 Å². The quantitative estimate of drug-likeness (QED) is 0.0665. The van der Waals surface area contributed by atoms with Crippen LogP contribution in [0.15, 0.2) is 0 Å². The average molecular weight is 553 g/mol. The standard InChI is InChI=1S/C35H68O4/c1-3-5-7-8-9-10-11-15-18-21-24-28-32-35(38)39-33(29-25-6-4-2)30-26-22-19-16-13-12-14-17-20-23-27-31-34(36)37/h33H,3-32H2,1-2H3,(H,36,37). The molecule has 0 radical (unpaired) electrons. The summed E-state index contributed by atoms with van der Waals surface area (Å²) in [5.74, 6) is -0.637. The Bertz CT molecular complexity index is 519. The number of carbonyl (C=O) groups excluding carboxylic acids is 1. The molecule has 0 aliphatic carbocycles. The molecule has 0 saturated heterocycles. The normalized spacial score (nSPS) is 12.1. The molecule has 0 aliphatic heterocycles. The van der Waals surface area contributed by atoms with E-state index in [2.05, 4.69) is 13.8 Å². The van der Waals surface area contributed by atoms with Crippen LogP contribution in [0.1, 0.15) is 206 Å². The lowest BCUT2D eigenvalue weighted by Crippen LogP contribution is -2.18. The molecule has 0 amide bonds. The number of hydrogen-bond donors (Lipinski definition) is 1. The Balaban J connectivity index is 3.73. The summed E-state index contributed by atoms with van der Waals surface area (Å²) in [6.45, 7) is 4.51. The fourth-order valence-corrected chi connectivity index (χ4v) is 5.48. The van der Waals surface area contributed by atoms with Crippen LogP contribution in [0.4, 0.5) is 0 Å². The van der Waals surface area contributed by atoms with Crippen LogP contribution in [-0.4, -0.2) is 23.1 Å². The molecule has 0 bridgehead atoms. The number of unbranched alkanes of at least 4 members (excludes halogenated alkanes) is 23. The van der Waals surface area contributed by atoms with Crippen LogP contribution < -0.4 is 0 Å². The molecule has 1 unspecified atom stereocenters. The molecule has 0 rings (SSSR count). The van der Waals surface area contributed by atoms with Crippen LogP contribution in [0.25, 0.3) is 0 Å². The first kappa shape index (κ1) is 37.9. The van der Waals surface area contributed by atoms with Gasteiger partial charge in [-0.15, -0.1) is 0 Å². The van der Waals surface area contributed by atoms with E-state index in [1.165, 1.54) is 141 Å². The van der Waals surface area contributed by atoms with Crippen LogP contribution >= 0.6 is 0 Å². The minimum absolute atomic E-state index is 0.0338. The predicted octanol–water partition coefficient (Wildman–Crippen LogP) is 11.7. The maximum Gasteiger partial charge on any atom is 0.306 e. The minimum Gasteiger partial charge on any atom is -0.481 e. The van der Waals surface area contributed by atoms with Gasteiger partial charge in [0.05, 0.1) is 0 Å². The van der Waals surface area contributed by atoms with E-state index in [1.54, 1.807) is 0 Å². The molecular weight excluding hydrogens is 484 g/mol. The monoisotopic (exact) mass is 553 g/mol. The van der Waals surface area contributed by atoms with Crippen molar-refractivity contribution >= 4 is 11.9 Å². The van der Waals surface area contributed by atoms with Crippen LogP contribution in [0.5, 0.6) is 0 Å². The van der Waals surface area contributed by atoms with Crippen LogP contribution in [0, 0.1) is 0 Å². The van der Waals surface area contributed by atoms with Crippen molar-refractivity contribution in [3.8, 4) is 0 Å². The summed E-state index contributed by atoms with van der Waals surface area (Å²) in [6, 6.07) is 0. The Morgan fingerprint density at radius 2 is 0.769 bits per heavy atom. The SMILES string of the molecule is CCCCCCCCCCCCCCC(=O)OC(CCCCC)CCCCCCCCCCCCCC(=O)O. The first-order chi connectivity index (χ1) is 19.1. The molecule has 0 aromatic rings. The number of aliphatic carboxylic acids is 1. The molecule has 4 nitrogen and oxygen atoms in total. The first-order valence-corrected chi connectivity index (χ1v) is 17.5. The molecule has 232 valence electrons. The number of ether oxygens (including phenoxy) is 1. The van der Waals surface area contributed by atoms with Crippen molar-refractivity contribution in [2.75, 3.05) is 0 Å². The molecule has 1 N–H and O–H groups in total. The van der Waals surface area contributed by atoms with Gasteiger partial charge >= 0.3 is 11.9 Å². The second kappa shape index (κ2) is 31.5. The van der Waals surface area contributed by atoms with Gasteiger partial charge < -0.3 is 9.84 Å². The zero-order chi connectivity index (χ0) is 28.7. The molecule has 0 saturated carbocycles. The smallest absolute Gasteiger partial charge is 0.306 e. The molecule has 4 heteroatoms. The van der Waals surface area contributed by atoms with Crippen LogP contribution in [-0.2, 0) is 14.3 Å². The summed E-state index contributed by atoms with van der Waals surface area (Å²) in [7, 11) is 0. The topological polar surface area (TPSA) is 63.6 Å². The summed E-state index contributed by atoms with van der Waals surface area (Å²) < 4.78 is 5.94. The van der Waals surface area contributed by atoms with Gasteiger partial charge in [0.2, 0.25) is 0 Å². The lowest BCUT2D eigenvalue weighted by Gasteiger charge is -2.18. The molecule has 1 atom stereocenters. The van der Waals surface area contributed by atoms with E-state index >= 15 is 0 Å². The number of hydrogen-bond acceptors (Lipinski definition) is 3. The molecule has 0 aromatic carbocycles. The summed E-state index contributed by atoms with van der Waals surface area (Å²) in [5.41, 5.74) is 0. The second-order valence-electron chi connectivity index (χ2n) is 12.1. The first-order valence-electron chi connectivity index (χ1n) is 17.5. The number of carboxylic acid groups (broad SMARTS) is 1. The highest BCUT2D eigenvalue weighted by molar-refractivity contribution is 5.69. The van der Waals surface area contributed by atoms with Crippen molar-refractivity contribution in [1.82, 2.24) is 0 Å². The van der Waals surface area contributed by atoms with Gasteiger partial charge in [-0.25, -0.2) is 0 Å². The summed E-state index contributed by atoms with van der Waals surface area (Å²) >= 11 is 0. The summed E-state index contributed by atoms with van der Waals surface area (Å²) in [5, 5.41) is 8.66. The molecule has 0 aromatic heterocycles. The van der Waals surface area contributed by atoms with Gasteiger partial charge in [-0.1, -0.05) is 155 Å². The number of rotatable bonds is 32. The molecule has 0 heterocycles. The van der Waals surface area contributed by atoms with E-state index in [0.717, 1.165) is 38.5 Å². The Kier molecular flexibility index (Phi) is 30.6. The minimum atomic E-state index is -0.671. The van der Waals surface area contributed by atoms with Crippen molar-refractivity contribution in [3.63, 3.8) is 0 Å². The zero-order valence-corrected chi connectivity index (χ0v) is 26.5. The highest BCUT2D eigenvalue weighted by Crippen LogP contribution is 2.18. The van der Waals surface area contributed by atoms with Gasteiger partial charge in [0.1, 0.15) is 6.10 Å². The Hall–Kier alpha value is -1.06. The third kappa shape index (κ3) is 31.3. The third-order valence-electron chi connectivity index (χ3n) is 8.08. The number of carbonyl (C=O) groups is 2.